The van der Waals surface area contributed by atoms with Gasteiger partial charge in [-0.15, -0.1) is 0 Å². The Morgan fingerprint density at radius 1 is 1.24 bits per heavy atom. The van der Waals surface area contributed by atoms with Gasteiger partial charge < -0.3 is 4.74 Å². The molecule has 11 heteroatoms. The van der Waals surface area contributed by atoms with Gasteiger partial charge in [0.15, 0.2) is 0 Å². The van der Waals surface area contributed by atoms with E-state index in [4.69, 9.17) is 16.3 Å². The van der Waals surface area contributed by atoms with E-state index in [0.29, 0.717) is 11.8 Å². The quantitative estimate of drug-likeness (QED) is 0.583. The van der Waals surface area contributed by atoms with Crippen LogP contribution in [0.4, 0.5) is 15.1 Å². The number of ether oxygens (including phenoxy) is 1. The van der Waals surface area contributed by atoms with Crippen LogP contribution in [0.15, 0.2) is 29.4 Å². The maximum absolute atomic E-state index is 14.4. The number of benzene rings is 1. The highest BCUT2D eigenvalue weighted by molar-refractivity contribution is 6.31. The third-order valence-corrected chi connectivity index (χ3v) is 7.01. The predicted molar refractivity (Wildman–Crippen MR) is 122 cm³/mol. The Kier molecular flexibility index (Phi) is 6.13. The second kappa shape index (κ2) is 9.09. The second-order valence-corrected chi connectivity index (χ2v) is 9.18. The predicted octanol–water partition coefficient (Wildman–Crippen LogP) is 2.28. The minimum Gasteiger partial charge on any atom is -0.379 e. The summed E-state index contributed by atoms with van der Waals surface area (Å²) < 4.78 is 23.7. The van der Waals surface area contributed by atoms with Crippen LogP contribution in [0.2, 0.25) is 5.02 Å². The number of likely N-dealkylation sites (N-methyl/N-ethyl adjacent to an activating group) is 1. The lowest BCUT2D eigenvalue weighted by atomic mass is 10.1. The number of aliphatic imine (C=N–C) groups is 1. The molecular weight excluding hydrogens is 463 g/mol. The van der Waals surface area contributed by atoms with Gasteiger partial charge in [0.1, 0.15) is 17.7 Å². The molecule has 1 aromatic heterocycles. The van der Waals surface area contributed by atoms with E-state index in [0.717, 1.165) is 56.4 Å². The number of carbonyl (C=O) groups excluding carboxylic acids is 2. The molecule has 3 aliphatic heterocycles. The summed E-state index contributed by atoms with van der Waals surface area (Å²) >= 11 is 6.16. The third-order valence-electron chi connectivity index (χ3n) is 6.66. The van der Waals surface area contributed by atoms with Gasteiger partial charge >= 0.3 is 12.0 Å². The van der Waals surface area contributed by atoms with Gasteiger partial charge in [0, 0.05) is 37.3 Å². The van der Waals surface area contributed by atoms with Gasteiger partial charge in [0.2, 0.25) is 11.9 Å². The van der Waals surface area contributed by atoms with Crippen molar-refractivity contribution in [2.45, 2.75) is 32.5 Å². The van der Waals surface area contributed by atoms with Crippen LogP contribution < -0.4 is 4.57 Å². The summed E-state index contributed by atoms with van der Waals surface area (Å²) in [5, 5.41) is 0.171. The van der Waals surface area contributed by atoms with Crippen LogP contribution in [0.25, 0.3) is 0 Å². The van der Waals surface area contributed by atoms with Gasteiger partial charge in [-0.2, -0.15) is 0 Å². The van der Waals surface area contributed by atoms with Gasteiger partial charge in [0.25, 0.3) is 5.91 Å². The largest absolute Gasteiger partial charge is 0.401 e. The SMILES string of the molecule is Cc1c[n+]2c(n1CCCN1CCOCC1)N=C1C2C(=O)N(Cc2c(F)cccc2Cl)C(=O)N1C. The van der Waals surface area contributed by atoms with Crippen LogP contribution in [0.5, 0.6) is 0 Å². The number of aromatic nitrogens is 2. The molecule has 0 N–H and O–H groups in total. The highest BCUT2D eigenvalue weighted by atomic mass is 35.5. The van der Waals surface area contributed by atoms with Crippen molar-refractivity contribution in [1.82, 2.24) is 19.3 Å². The maximum atomic E-state index is 14.4. The smallest absolute Gasteiger partial charge is 0.379 e. The molecular formula is C23H27ClFN6O3+. The lowest BCUT2D eigenvalue weighted by Gasteiger charge is -2.33. The Hall–Kier alpha value is -2.82. The highest BCUT2D eigenvalue weighted by Gasteiger charge is 2.53. The molecule has 1 aromatic carbocycles. The average Bonchev–Trinajstić information content (AvgIpc) is 3.33. The Morgan fingerprint density at radius 3 is 2.74 bits per heavy atom. The van der Waals surface area contributed by atoms with Gasteiger partial charge in [-0.25, -0.2) is 18.3 Å². The maximum Gasteiger partial charge on any atom is 0.401 e. The Morgan fingerprint density at radius 2 is 2.00 bits per heavy atom. The summed E-state index contributed by atoms with van der Waals surface area (Å²) in [4.78, 5) is 36.0. The van der Waals surface area contributed by atoms with Crippen LogP contribution in [0, 0.1) is 12.7 Å². The first-order valence-corrected chi connectivity index (χ1v) is 11.8. The second-order valence-electron chi connectivity index (χ2n) is 8.78. The fourth-order valence-corrected chi connectivity index (χ4v) is 4.99. The molecule has 0 saturated carbocycles. The normalized spacial score (nSPS) is 20.6. The van der Waals surface area contributed by atoms with E-state index in [2.05, 4.69) is 14.5 Å². The lowest BCUT2D eigenvalue weighted by Crippen LogP contribution is -2.62. The van der Waals surface area contributed by atoms with E-state index in [1.807, 2.05) is 13.1 Å². The van der Waals surface area contributed by atoms with E-state index in [-0.39, 0.29) is 17.1 Å². The number of amides is 3. The number of aryl methyl sites for hydroxylation is 1. The Labute approximate surface area is 202 Å². The van der Waals surface area contributed by atoms with Crippen molar-refractivity contribution in [2.75, 3.05) is 39.9 Å². The molecule has 0 aliphatic carbocycles. The van der Waals surface area contributed by atoms with Crippen LogP contribution in [-0.4, -0.2) is 76.9 Å². The van der Waals surface area contributed by atoms with E-state index in [1.54, 1.807) is 11.6 Å². The first kappa shape index (κ1) is 22.9. The molecule has 34 heavy (non-hydrogen) atoms. The summed E-state index contributed by atoms with van der Waals surface area (Å²) in [5.41, 5.74) is 1.09. The van der Waals surface area contributed by atoms with Gasteiger partial charge in [-0.1, -0.05) is 22.7 Å². The van der Waals surface area contributed by atoms with Crippen molar-refractivity contribution in [3.05, 3.63) is 46.5 Å². The van der Waals surface area contributed by atoms with Crippen molar-refractivity contribution in [1.29, 1.82) is 0 Å². The number of carbonyl (C=O) groups is 2. The average molecular weight is 490 g/mol. The summed E-state index contributed by atoms with van der Waals surface area (Å²) in [7, 11) is 1.58. The van der Waals surface area contributed by atoms with Crippen LogP contribution >= 0.6 is 11.6 Å². The summed E-state index contributed by atoms with van der Waals surface area (Å²) in [5.74, 6) is 0.00805. The number of morpholine rings is 1. The molecule has 2 aromatic rings. The van der Waals surface area contributed by atoms with Crippen LogP contribution in [-0.2, 0) is 22.6 Å². The first-order valence-electron chi connectivity index (χ1n) is 11.4. The van der Waals surface area contributed by atoms with E-state index < -0.39 is 23.8 Å². The van der Waals surface area contributed by atoms with Crippen molar-refractivity contribution >= 4 is 35.3 Å². The Bertz CT molecular complexity index is 1160. The minimum absolute atomic E-state index is 0.111. The van der Waals surface area contributed by atoms with Gasteiger partial charge in [0.05, 0.1) is 26.3 Å². The number of imide groups is 1. The number of hydrogen-bond acceptors (Lipinski definition) is 5. The molecule has 2 saturated heterocycles. The number of fused-ring (bicyclic) bond motifs is 3. The molecule has 3 amide bonds. The number of nitrogens with zero attached hydrogens (tertiary/aromatic N) is 6. The fourth-order valence-electron chi connectivity index (χ4n) is 4.77. The standard InChI is InChI=1S/C23H27ClFN6O3/c1-15-13-30-19-20(26-22(30)29(15)8-4-7-28-9-11-34-12-10-28)27(2)23(33)31(21(19)32)14-16-17(24)5-3-6-18(16)25/h3,5-6,13,19H,4,7-12,14H2,1-2H3/q+1. The molecule has 0 spiro atoms. The van der Waals surface area contributed by atoms with Crippen molar-refractivity contribution in [2.24, 2.45) is 4.99 Å². The van der Waals surface area contributed by atoms with Gasteiger partial charge in [-0.05, 0) is 25.5 Å². The minimum atomic E-state index is -0.776. The van der Waals surface area contributed by atoms with Crippen LogP contribution in [0.3, 0.4) is 0 Å². The first-order chi connectivity index (χ1) is 16.4. The molecule has 2 fully saturated rings. The monoisotopic (exact) mass is 489 g/mol. The topological polar surface area (TPSA) is 74.3 Å². The zero-order valence-corrected chi connectivity index (χ0v) is 20.0. The molecule has 1 unspecified atom stereocenters. The van der Waals surface area contributed by atoms with E-state index in [1.165, 1.54) is 23.1 Å². The molecule has 0 radical (unpaired) electrons. The molecule has 9 nitrogen and oxygen atoms in total. The number of hydrogen-bond donors (Lipinski definition) is 0. The molecule has 4 heterocycles. The molecule has 5 rings (SSSR count). The van der Waals surface area contributed by atoms with Crippen LogP contribution in [0.1, 0.15) is 23.7 Å². The van der Waals surface area contributed by atoms with Crippen molar-refractivity contribution in [3.8, 4) is 0 Å². The van der Waals surface area contributed by atoms with Crippen molar-refractivity contribution < 1.29 is 23.3 Å². The zero-order chi connectivity index (χ0) is 24.0. The number of halogens is 2. The molecule has 1 atom stereocenters. The van der Waals surface area contributed by atoms with E-state index in [9.17, 15) is 14.0 Å². The highest BCUT2D eigenvalue weighted by Crippen LogP contribution is 2.31. The summed E-state index contributed by atoms with van der Waals surface area (Å²) in [6, 6.07) is 2.96. The lowest BCUT2D eigenvalue weighted by molar-refractivity contribution is -0.677. The van der Waals surface area contributed by atoms with Crippen molar-refractivity contribution in [3.63, 3.8) is 0 Å². The fraction of sp³-hybridized carbons (Fsp3) is 0.478. The summed E-state index contributed by atoms with van der Waals surface area (Å²) in [6.07, 6.45) is 2.82. The zero-order valence-electron chi connectivity index (χ0n) is 19.2. The molecule has 0 bridgehead atoms. The number of rotatable bonds is 6. The number of urea groups is 1. The Balaban J connectivity index is 1.38. The number of amidine groups is 1. The molecule has 180 valence electrons. The number of imidazole rings is 1. The molecule has 3 aliphatic rings. The third kappa shape index (κ3) is 3.89. The van der Waals surface area contributed by atoms with E-state index >= 15 is 0 Å². The summed E-state index contributed by atoms with van der Waals surface area (Å²) in [6.45, 7) is 6.84. The van der Waals surface area contributed by atoms with Gasteiger partial charge in [-0.3, -0.25) is 19.5 Å².